The van der Waals surface area contributed by atoms with E-state index < -0.39 is 0 Å². The van der Waals surface area contributed by atoms with Gasteiger partial charge in [-0.1, -0.05) is 41.5 Å². The summed E-state index contributed by atoms with van der Waals surface area (Å²) in [5.41, 5.74) is 0.431. The van der Waals surface area contributed by atoms with Crippen LogP contribution >= 0.6 is 0 Å². The van der Waals surface area contributed by atoms with Crippen LogP contribution in [0.5, 0.6) is 0 Å². The van der Waals surface area contributed by atoms with Crippen molar-refractivity contribution in [2.45, 2.75) is 93.2 Å². The largest absolute Gasteiger partial charge is 0.349 e. The minimum absolute atomic E-state index is 0.0448. The quantitative estimate of drug-likeness (QED) is 0.702. The predicted molar refractivity (Wildman–Crippen MR) is 81.1 cm³/mol. The normalized spacial score (nSPS) is 29.8. The van der Waals surface area contributed by atoms with Crippen LogP contribution in [0.4, 0.5) is 0 Å². The third kappa shape index (κ3) is 5.83. The molecule has 114 valence electrons. The number of rotatable bonds is 2. The monoisotopic (exact) mass is 270 g/mol. The molecule has 0 amide bonds. The minimum Gasteiger partial charge on any atom is -0.349 e. The molecule has 1 fully saturated rings. The molecule has 0 spiro atoms. The molecule has 0 aliphatic carbocycles. The van der Waals surface area contributed by atoms with Crippen LogP contribution in [0, 0.1) is 16.7 Å². The Kier molecular flexibility index (Phi) is 4.79. The average molecular weight is 270 g/mol. The molecule has 2 nitrogen and oxygen atoms in total. The van der Waals surface area contributed by atoms with Crippen molar-refractivity contribution in [3.63, 3.8) is 0 Å². The molecule has 1 saturated heterocycles. The van der Waals surface area contributed by atoms with Gasteiger partial charge >= 0.3 is 0 Å². The first-order chi connectivity index (χ1) is 8.28. The topological polar surface area (TPSA) is 18.5 Å². The minimum atomic E-state index is -0.135. The molecule has 0 aromatic heterocycles. The van der Waals surface area contributed by atoms with Crippen molar-refractivity contribution in [2.75, 3.05) is 0 Å². The number of ether oxygens (including phenoxy) is 2. The zero-order chi connectivity index (χ0) is 15.1. The number of hydrogen-bond acceptors (Lipinski definition) is 2. The highest BCUT2D eigenvalue weighted by atomic mass is 16.7. The molecule has 0 aromatic rings. The number of hydrogen-bond donors (Lipinski definition) is 0. The van der Waals surface area contributed by atoms with Gasteiger partial charge in [0.1, 0.15) is 0 Å². The van der Waals surface area contributed by atoms with Crippen LogP contribution in [0.3, 0.4) is 0 Å². The van der Waals surface area contributed by atoms with Crippen LogP contribution < -0.4 is 0 Å². The molecule has 0 radical (unpaired) electrons. The molecule has 2 heteroatoms. The Morgan fingerprint density at radius 3 is 1.84 bits per heavy atom. The van der Waals surface area contributed by atoms with Crippen molar-refractivity contribution in [1.29, 1.82) is 0 Å². The van der Waals surface area contributed by atoms with Crippen LogP contribution in [0.2, 0.25) is 0 Å². The molecule has 1 heterocycles. The van der Waals surface area contributed by atoms with Crippen LogP contribution in [-0.4, -0.2) is 18.0 Å². The zero-order valence-electron chi connectivity index (χ0n) is 14.5. The van der Waals surface area contributed by atoms with Gasteiger partial charge in [-0.2, -0.15) is 0 Å². The lowest BCUT2D eigenvalue weighted by Crippen LogP contribution is -2.31. The summed E-state index contributed by atoms with van der Waals surface area (Å²) < 4.78 is 12.3. The Morgan fingerprint density at radius 2 is 1.47 bits per heavy atom. The molecule has 1 aliphatic heterocycles. The fourth-order valence-corrected chi connectivity index (χ4v) is 2.88. The Bertz CT molecular complexity index is 288. The summed E-state index contributed by atoms with van der Waals surface area (Å²) in [6.07, 6.45) is 2.38. The summed E-state index contributed by atoms with van der Waals surface area (Å²) in [7, 11) is 0. The van der Waals surface area contributed by atoms with Crippen molar-refractivity contribution in [2.24, 2.45) is 16.7 Å². The summed E-state index contributed by atoms with van der Waals surface area (Å²) in [4.78, 5) is 0. The average Bonchev–Trinajstić information content (AvgIpc) is 2.39. The van der Waals surface area contributed by atoms with Gasteiger partial charge in [0, 0.05) is 6.42 Å². The van der Waals surface area contributed by atoms with Crippen molar-refractivity contribution in [3.05, 3.63) is 0 Å². The summed E-state index contributed by atoms with van der Waals surface area (Å²) in [6, 6.07) is 0. The summed E-state index contributed by atoms with van der Waals surface area (Å²) in [5, 5.41) is 0. The third-order valence-corrected chi connectivity index (χ3v) is 3.63. The molecule has 0 N–H and O–H groups in total. The maximum atomic E-state index is 6.23. The molecule has 3 atom stereocenters. The second-order valence-corrected chi connectivity index (χ2v) is 9.31. The fourth-order valence-electron chi connectivity index (χ4n) is 2.88. The lowest BCUT2D eigenvalue weighted by Gasteiger charge is -2.33. The standard InChI is InChI=1S/C17H34O2/c1-15(2,3)11-13-12(16(4,5)6)10-14(18-13)19-17(7,8)9/h12-14H,10-11H2,1-9H3. The van der Waals surface area contributed by atoms with Crippen molar-refractivity contribution < 1.29 is 9.47 Å². The van der Waals surface area contributed by atoms with Gasteiger partial charge in [0.2, 0.25) is 0 Å². The Morgan fingerprint density at radius 1 is 0.947 bits per heavy atom. The van der Waals surface area contributed by atoms with Gasteiger partial charge in [0.25, 0.3) is 0 Å². The molecule has 0 saturated carbocycles. The first-order valence-corrected chi connectivity index (χ1v) is 7.61. The van der Waals surface area contributed by atoms with E-state index in [1.54, 1.807) is 0 Å². The molecule has 19 heavy (non-hydrogen) atoms. The lowest BCUT2D eigenvalue weighted by atomic mass is 9.73. The second-order valence-electron chi connectivity index (χ2n) is 9.31. The van der Waals surface area contributed by atoms with Crippen LogP contribution in [0.25, 0.3) is 0 Å². The molecular weight excluding hydrogens is 236 g/mol. The molecular formula is C17H34O2. The molecule has 1 aliphatic rings. The summed E-state index contributed by atoms with van der Waals surface area (Å²) in [6.45, 7) is 20.1. The highest BCUT2D eigenvalue weighted by Gasteiger charge is 2.44. The molecule has 3 unspecified atom stereocenters. The van der Waals surface area contributed by atoms with E-state index in [0.717, 1.165) is 12.8 Å². The van der Waals surface area contributed by atoms with E-state index in [2.05, 4.69) is 62.3 Å². The Balaban J connectivity index is 2.77. The van der Waals surface area contributed by atoms with Gasteiger partial charge in [-0.25, -0.2) is 0 Å². The first kappa shape index (κ1) is 17.0. The maximum absolute atomic E-state index is 6.23. The van der Waals surface area contributed by atoms with Gasteiger partial charge in [-0.05, 0) is 43.9 Å². The van der Waals surface area contributed by atoms with Gasteiger partial charge < -0.3 is 9.47 Å². The van der Waals surface area contributed by atoms with E-state index >= 15 is 0 Å². The van der Waals surface area contributed by atoms with E-state index in [0.29, 0.717) is 17.4 Å². The Labute approximate surface area is 120 Å². The van der Waals surface area contributed by atoms with Gasteiger partial charge in [-0.3, -0.25) is 0 Å². The van der Waals surface area contributed by atoms with Gasteiger partial charge in [0.15, 0.2) is 6.29 Å². The van der Waals surface area contributed by atoms with E-state index in [1.807, 2.05) is 0 Å². The van der Waals surface area contributed by atoms with Crippen LogP contribution in [0.15, 0.2) is 0 Å². The smallest absolute Gasteiger partial charge is 0.159 e. The predicted octanol–water partition coefficient (Wildman–Crippen LogP) is 5.02. The molecule has 0 bridgehead atoms. The van der Waals surface area contributed by atoms with Crippen molar-refractivity contribution in [3.8, 4) is 0 Å². The summed E-state index contributed by atoms with van der Waals surface area (Å²) in [5.74, 6) is 0.569. The van der Waals surface area contributed by atoms with Crippen LogP contribution in [0.1, 0.15) is 75.2 Å². The highest BCUT2D eigenvalue weighted by Crippen LogP contribution is 2.44. The van der Waals surface area contributed by atoms with Crippen LogP contribution in [-0.2, 0) is 9.47 Å². The molecule has 0 aromatic carbocycles. The first-order valence-electron chi connectivity index (χ1n) is 7.61. The van der Waals surface area contributed by atoms with E-state index in [-0.39, 0.29) is 17.3 Å². The van der Waals surface area contributed by atoms with Crippen molar-refractivity contribution >= 4 is 0 Å². The van der Waals surface area contributed by atoms with E-state index in [4.69, 9.17) is 9.47 Å². The van der Waals surface area contributed by atoms with Crippen molar-refractivity contribution in [1.82, 2.24) is 0 Å². The Hall–Kier alpha value is -0.0800. The SMILES string of the molecule is CC(C)(C)CC1OC(OC(C)(C)C)CC1C(C)(C)C. The van der Waals surface area contributed by atoms with E-state index in [1.165, 1.54) is 0 Å². The maximum Gasteiger partial charge on any atom is 0.159 e. The fraction of sp³-hybridized carbons (Fsp3) is 1.00. The third-order valence-electron chi connectivity index (χ3n) is 3.63. The highest BCUT2D eigenvalue weighted by molar-refractivity contribution is 4.89. The van der Waals surface area contributed by atoms with Gasteiger partial charge in [-0.15, -0.1) is 0 Å². The van der Waals surface area contributed by atoms with E-state index in [9.17, 15) is 0 Å². The second kappa shape index (κ2) is 5.37. The van der Waals surface area contributed by atoms with Gasteiger partial charge in [0.05, 0.1) is 11.7 Å². The molecule has 1 rings (SSSR count). The summed E-state index contributed by atoms with van der Waals surface area (Å²) >= 11 is 0. The lowest BCUT2D eigenvalue weighted by molar-refractivity contribution is -0.190. The zero-order valence-corrected chi connectivity index (χ0v) is 14.5.